The Labute approximate surface area is 109 Å². The second kappa shape index (κ2) is 4.89. The maximum absolute atomic E-state index is 11.6. The smallest absolute Gasteiger partial charge is 0.293 e. The number of imidazole rings is 1. The van der Waals surface area contributed by atoms with Crippen LogP contribution < -0.4 is 5.32 Å². The number of hydrogen-bond acceptors (Lipinski definition) is 4. The zero-order valence-corrected chi connectivity index (χ0v) is 10.5. The Kier molecular flexibility index (Phi) is 3.28. The number of nitro benzene ring substituents is 1. The van der Waals surface area contributed by atoms with Crippen molar-refractivity contribution in [3.63, 3.8) is 0 Å². The van der Waals surface area contributed by atoms with E-state index in [4.69, 9.17) is 0 Å². The predicted molar refractivity (Wildman–Crippen MR) is 68.3 cm³/mol. The number of nitrogens with one attached hydrogen (secondary N) is 1. The van der Waals surface area contributed by atoms with Crippen molar-refractivity contribution in [3.05, 3.63) is 52.1 Å². The normalized spacial score (nSPS) is 10.2. The van der Waals surface area contributed by atoms with Gasteiger partial charge in [0, 0.05) is 31.1 Å². The van der Waals surface area contributed by atoms with Gasteiger partial charge in [-0.15, -0.1) is 0 Å². The summed E-state index contributed by atoms with van der Waals surface area (Å²) in [6, 6.07) is 4.22. The van der Waals surface area contributed by atoms with Crippen molar-refractivity contribution in [2.24, 2.45) is 0 Å². The van der Waals surface area contributed by atoms with Crippen LogP contribution in [0.25, 0.3) is 5.69 Å². The molecule has 1 heterocycles. The van der Waals surface area contributed by atoms with Gasteiger partial charge in [-0.25, -0.2) is 4.98 Å². The van der Waals surface area contributed by atoms with Crippen LogP contribution >= 0.6 is 0 Å². The molecule has 1 aromatic carbocycles. The summed E-state index contributed by atoms with van der Waals surface area (Å²) >= 11 is 0. The van der Waals surface area contributed by atoms with E-state index in [0.717, 1.165) is 0 Å². The number of nitro groups is 1. The van der Waals surface area contributed by atoms with E-state index in [1.807, 2.05) is 0 Å². The zero-order valence-electron chi connectivity index (χ0n) is 10.5. The molecule has 2 aromatic rings. The summed E-state index contributed by atoms with van der Waals surface area (Å²) in [6.45, 7) is 1.73. The van der Waals surface area contributed by atoms with Crippen LogP contribution in [0.4, 0.5) is 5.69 Å². The van der Waals surface area contributed by atoms with Gasteiger partial charge in [-0.05, 0) is 19.1 Å². The zero-order chi connectivity index (χ0) is 14.0. The quantitative estimate of drug-likeness (QED) is 0.668. The number of benzene rings is 1. The molecule has 2 rings (SSSR count). The van der Waals surface area contributed by atoms with Gasteiger partial charge in [0.15, 0.2) is 0 Å². The predicted octanol–water partition coefficient (Wildman–Crippen LogP) is 1.45. The van der Waals surface area contributed by atoms with Crippen molar-refractivity contribution >= 4 is 11.6 Å². The van der Waals surface area contributed by atoms with Crippen LogP contribution in [0, 0.1) is 17.0 Å². The first-order chi connectivity index (χ1) is 9.04. The molecule has 1 N–H and O–H groups in total. The van der Waals surface area contributed by atoms with Gasteiger partial charge in [0.05, 0.1) is 4.92 Å². The minimum atomic E-state index is -0.484. The lowest BCUT2D eigenvalue weighted by atomic mass is 10.1. The van der Waals surface area contributed by atoms with Crippen molar-refractivity contribution in [1.82, 2.24) is 14.9 Å². The molecule has 7 heteroatoms. The molecule has 1 aromatic heterocycles. The molecule has 1 amide bonds. The summed E-state index contributed by atoms with van der Waals surface area (Å²) < 4.78 is 1.57. The molecule has 0 fully saturated rings. The van der Waals surface area contributed by atoms with Crippen LogP contribution in [-0.4, -0.2) is 27.4 Å². The highest BCUT2D eigenvalue weighted by Crippen LogP contribution is 2.25. The van der Waals surface area contributed by atoms with Crippen LogP contribution in [0.5, 0.6) is 0 Å². The highest BCUT2D eigenvalue weighted by atomic mass is 16.6. The molecule has 0 bridgehead atoms. The molecule has 0 atom stereocenters. The van der Waals surface area contributed by atoms with E-state index in [0.29, 0.717) is 17.1 Å². The Bertz CT molecular complexity index is 648. The van der Waals surface area contributed by atoms with Gasteiger partial charge in [0.1, 0.15) is 11.5 Å². The largest absolute Gasteiger partial charge is 0.355 e. The third kappa shape index (κ3) is 2.30. The highest BCUT2D eigenvalue weighted by molar-refractivity contribution is 5.95. The molecule has 0 aliphatic carbocycles. The highest BCUT2D eigenvalue weighted by Gasteiger charge is 2.18. The lowest BCUT2D eigenvalue weighted by molar-refractivity contribution is -0.384. The van der Waals surface area contributed by atoms with Gasteiger partial charge >= 0.3 is 0 Å². The molecule has 7 nitrogen and oxygen atoms in total. The Balaban J connectivity index is 2.64. The monoisotopic (exact) mass is 260 g/mol. The molecule has 19 heavy (non-hydrogen) atoms. The first kappa shape index (κ1) is 12.7. The fourth-order valence-electron chi connectivity index (χ4n) is 1.79. The molecule has 0 unspecified atom stereocenters. The SMILES string of the molecule is CNC(=O)c1ccc([N+](=O)[O-])c(-n2ccnc2C)c1. The number of rotatable bonds is 3. The first-order valence-corrected chi connectivity index (χ1v) is 5.55. The van der Waals surface area contributed by atoms with E-state index in [-0.39, 0.29) is 11.6 Å². The van der Waals surface area contributed by atoms with Crippen molar-refractivity contribution in [1.29, 1.82) is 0 Å². The lowest BCUT2D eigenvalue weighted by Crippen LogP contribution is -2.18. The maximum Gasteiger partial charge on any atom is 0.293 e. The average molecular weight is 260 g/mol. The van der Waals surface area contributed by atoms with Crippen LogP contribution in [0.15, 0.2) is 30.6 Å². The fraction of sp³-hybridized carbons (Fsp3) is 0.167. The van der Waals surface area contributed by atoms with E-state index in [2.05, 4.69) is 10.3 Å². The van der Waals surface area contributed by atoms with Crippen LogP contribution in [0.2, 0.25) is 0 Å². The molecule has 0 spiro atoms. The molecular formula is C12H12N4O3. The number of nitrogens with zero attached hydrogens (tertiary/aromatic N) is 3. The molecule has 0 radical (unpaired) electrons. The summed E-state index contributed by atoms with van der Waals surface area (Å²) in [7, 11) is 1.51. The summed E-state index contributed by atoms with van der Waals surface area (Å²) in [6.07, 6.45) is 3.16. The van der Waals surface area contributed by atoms with Crippen molar-refractivity contribution < 1.29 is 9.72 Å². The number of carbonyl (C=O) groups is 1. The Morgan fingerprint density at radius 2 is 2.21 bits per heavy atom. The number of hydrogen-bond donors (Lipinski definition) is 1. The number of aromatic nitrogens is 2. The molecule has 0 saturated heterocycles. The van der Waals surface area contributed by atoms with Crippen molar-refractivity contribution in [2.75, 3.05) is 7.05 Å². The number of amides is 1. The van der Waals surface area contributed by atoms with E-state index < -0.39 is 4.92 Å². The first-order valence-electron chi connectivity index (χ1n) is 5.55. The third-order valence-electron chi connectivity index (χ3n) is 2.75. The second-order valence-electron chi connectivity index (χ2n) is 3.88. The minimum Gasteiger partial charge on any atom is -0.355 e. The minimum absolute atomic E-state index is 0.0752. The van der Waals surface area contributed by atoms with E-state index in [9.17, 15) is 14.9 Å². The van der Waals surface area contributed by atoms with Gasteiger partial charge in [-0.3, -0.25) is 19.5 Å². The van der Waals surface area contributed by atoms with Crippen molar-refractivity contribution in [3.8, 4) is 5.69 Å². The van der Waals surface area contributed by atoms with E-state index in [1.165, 1.54) is 25.2 Å². The Morgan fingerprint density at radius 3 is 2.74 bits per heavy atom. The van der Waals surface area contributed by atoms with E-state index in [1.54, 1.807) is 23.9 Å². The van der Waals surface area contributed by atoms with Gasteiger partial charge in [0.25, 0.3) is 11.6 Å². The molecule has 98 valence electrons. The number of aryl methyl sites for hydroxylation is 1. The average Bonchev–Trinajstić information content (AvgIpc) is 2.83. The summed E-state index contributed by atoms with van der Waals surface area (Å²) in [5.74, 6) is 0.311. The van der Waals surface area contributed by atoms with Crippen molar-refractivity contribution in [2.45, 2.75) is 6.92 Å². The van der Waals surface area contributed by atoms with Gasteiger partial charge in [-0.2, -0.15) is 0 Å². The van der Waals surface area contributed by atoms with Gasteiger partial charge in [0.2, 0.25) is 0 Å². The van der Waals surface area contributed by atoms with Crippen LogP contribution in [0.3, 0.4) is 0 Å². The number of carbonyl (C=O) groups excluding carboxylic acids is 1. The fourth-order valence-corrected chi connectivity index (χ4v) is 1.79. The Hall–Kier alpha value is -2.70. The van der Waals surface area contributed by atoms with Gasteiger partial charge < -0.3 is 5.32 Å². The maximum atomic E-state index is 11.6. The van der Waals surface area contributed by atoms with Gasteiger partial charge in [-0.1, -0.05) is 0 Å². The third-order valence-corrected chi connectivity index (χ3v) is 2.75. The Morgan fingerprint density at radius 1 is 1.47 bits per heavy atom. The molecular weight excluding hydrogens is 248 g/mol. The second-order valence-corrected chi connectivity index (χ2v) is 3.88. The molecule has 0 aliphatic heterocycles. The van der Waals surface area contributed by atoms with Crippen LogP contribution in [-0.2, 0) is 0 Å². The lowest BCUT2D eigenvalue weighted by Gasteiger charge is -2.08. The standard InChI is InChI=1S/C12H12N4O3/c1-8-14-5-6-15(8)11-7-9(12(17)13-2)3-4-10(11)16(18)19/h3-7H,1-2H3,(H,13,17). The summed E-state index contributed by atoms with van der Waals surface area (Å²) in [5, 5.41) is 13.5. The summed E-state index contributed by atoms with van der Waals surface area (Å²) in [5.41, 5.74) is 0.603. The van der Waals surface area contributed by atoms with Crippen LogP contribution in [0.1, 0.15) is 16.2 Å². The topological polar surface area (TPSA) is 90.1 Å². The molecule has 0 saturated carbocycles. The summed E-state index contributed by atoms with van der Waals surface area (Å²) in [4.78, 5) is 26.2. The molecule has 0 aliphatic rings. The van der Waals surface area contributed by atoms with E-state index >= 15 is 0 Å².